The number of hydrogen-bond donors (Lipinski definition) is 1. The molecule has 4 nitrogen and oxygen atoms in total. The SMILES string of the molecule is COc1cccc(CNc2ccc(C#N)cc2OC)c1. The highest BCUT2D eigenvalue weighted by Crippen LogP contribution is 2.26. The van der Waals surface area contributed by atoms with E-state index in [1.165, 1.54) is 0 Å². The number of methoxy groups -OCH3 is 2. The zero-order valence-corrected chi connectivity index (χ0v) is 11.5. The third-order valence-electron chi connectivity index (χ3n) is 2.95. The first kappa shape index (κ1) is 13.8. The Morgan fingerprint density at radius 3 is 2.65 bits per heavy atom. The van der Waals surface area contributed by atoms with Crippen molar-refractivity contribution in [3.05, 3.63) is 53.6 Å². The summed E-state index contributed by atoms with van der Waals surface area (Å²) in [7, 11) is 3.24. The van der Waals surface area contributed by atoms with Gasteiger partial charge in [0.05, 0.1) is 31.5 Å². The van der Waals surface area contributed by atoms with E-state index in [1.54, 1.807) is 26.4 Å². The minimum absolute atomic E-state index is 0.578. The Labute approximate surface area is 118 Å². The number of nitrogens with zero attached hydrogens (tertiary/aromatic N) is 1. The quantitative estimate of drug-likeness (QED) is 0.904. The number of benzene rings is 2. The lowest BCUT2D eigenvalue weighted by Crippen LogP contribution is -2.01. The Morgan fingerprint density at radius 2 is 1.95 bits per heavy atom. The maximum absolute atomic E-state index is 8.87. The van der Waals surface area contributed by atoms with Gasteiger partial charge in [-0.15, -0.1) is 0 Å². The number of nitrogens with one attached hydrogen (secondary N) is 1. The van der Waals surface area contributed by atoms with Crippen molar-refractivity contribution in [2.75, 3.05) is 19.5 Å². The van der Waals surface area contributed by atoms with Gasteiger partial charge in [-0.2, -0.15) is 5.26 Å². The molecule has 2 aromatic carbocycles. The summed E-state index contributed by atoms with van der Waals surface area (Å²) < 4.78 is 10.5. The van der Waals surface area contributed by atoms with Gasteiger partial charge in [0.25, 0.3) is 0 Å². The summed E-state index contributed by atoms with van der Waals surface area (Å²) >= 11 is 0. The monoisotopic (exact) mass is 268 g/mol. The molecule has 0 amide bonds. The van der Waals surface area contributed by atoms with Crippen molar-refractivity contribution in [2.45, 2.75) is 6.54 Å². The topological polar surface area (TPSA) is 54.3 Å². The predicted octanol–water partition coefficient (Wildman–Crippen LogP) is 3.19. The van der Waals surface area contributed by atoms with E-state index in [1.807, 2.05) is 30.3 Å². The fourth-order valence-corrected chi connectivity index (χ4v) is 1.89. The third-order valence-corrected chi connectivity index (χ3v) is 2.95. The summed E-state index contributed by atoms with van der Waals surface area (Å²) in [6, 6.07) is 15.3. The number of ether oxygens (including phenoxy) is 2. The van der Waals surface area contributed by atoms with E-state index in [-0.39, 0.29) is 0 Å². The van der Waals surface area contributed by atoms with Gasteiger partial charge in [-0.05, 0) is 29.8 Å². The molecule has 0 saturated heterocycles. The lowest BCUT2D eigenvalue weighted by atomic mass is 10.2. The second-order valence-corrected chi connectivity index (χ2v) is 4.23. The summed E-state index contributed by atoms with van der Waals surface area (Å²) in [6.07, 6.45) is 0. The van der Waals surface area contributed by atoms with E-state index in [0.29, 0.717) is 17.9 Å². The van der Waals surface area contributed by atoms with Crippen LogP contribution in [0.2, 0.25) is 0 Å². The van der Waals surface area contributed by atoms with Crippen molar-refractivity contribution in [3.63, 3.8) is 0 Å². The first-order chi connectivity index (χ1) is 9.76. The number of anilines is 1. The van der Waals surface area contributed by atoms with Crippen molar-refractivity contribution >= 4 is 5.69 Å². The lowest BCUT2D eigenvalue weighted by Gasteiger charge is -2.12. The first-order valence-corrected chi connectivity index (χ1v) is 6.21. The van der Waals surface area contributed by atoms with E-state index < -0.39 is 0 Å². The summed E-state index contributed by atoms with van der Waals surface area (Å²) in [5, 5.41) is 12.2. The van der Waals surface area contributed by atoms with Crippen LogP contribution in [0.15, 0.2) is 42.5 Å². The van der Waals surface area contributed by atoms with Crippen LogP contribution >= 0.6 is 0 Å². The van der Waals surface area contributed by atoms with E-state index in [2.05, 4.69) is 11.4 Å². The summed E-state index contributed by atoms with van der Waals surface area (Å²) in [5.74, 6) is 1.49. The smallest absolute Gasteiger partial charge is 0.143 e. The molecule has 0 atom stereocenters. The van der Waals surface area contributed by atoms with Crippen molar-refractivity contribution in [1.29, 1.82) is 5.26 Å². The molecule has 0 aliphatic carbocycles. The highest BCUT2D eigenvalue weighted by Gasteiger charge is 2.04. The molecule has 0 saturated carbocycles. The Bertz CT molecular complexity index is 633. The average Bonchev–Trinajstić information content (AvgIpc) is 2.52. The largest absolute Gasteiger partial charge is 0.497 e. The zero-order chi connectivity index (χ0) is 14.4. The molecule has 4 heteroatoms. The van der Waals surface area contributed by atoms with Crippen LogP contribution in [-0.4, -0.2) is 14.2 Å². The molecular weight excluding hydrogens is 252 g/mol. The molecule has 0 spiro atoms. The van der Waals surface area contributed by atoms with Gasteiger partial charge in [-0.25, -0.2) is 0 Å². The van der Waals surface area contributed by atoms with E-state index >= 15 is 0 Å². The van der Waals surface area contributed by atoms with Crippen molar-refractivity contribution < 1.29 is 9.47 Å². The maximum atomic E-state index is 8.87. The molecule has 0 heterocycles. The first-order valence-electron chi connectivity index (χ1n) is 6.21. The van der Waals surface area contributed by atoms with Crippen molar-refractivity contribution in [1.82, 2.24) is 0 Å². The molecule has 2 aromatic rings. The lowest BCUT2D eigenvalue weighted by molar-refractivity contribution is 0.414. The predicted molar refractivity (Wildman–Crippen MR) is 78.0 cm³/mol. The van der Waals surface area contributed by atoms with Gasteiger partial charge in [0, 0.05) is 12.6 Å². The molecule has 0 unspecified atom stereocenters. The molecule has 0 aliphatic rings. The van der Waals surface area contributed by atoms with Crippen molar-refractivity contribution in [3.8, 4) is 17.6 Å². The van der Waals surface area contributed by atoms with Crippen LogP contribution in [-0.2, 0) is 6.54 Å². The average molecular weight is 268 g/mol. The highest BCUT2D eigenvalue weighted by molar-refractivity contribution is 5.59. The fourth-order valence-electron chi connectivity index (χ4n) is 1.89. The van der Waals surface area contributed by atoms with Gasteiger partial charge in [-0.1, -0.05) is 12.1 Å². The molecule has 0 aromatic heterocycles. The minimum Gasteiger partial charge on any atom is -0.497 e. The van der Waals surface area contributed by atoms with E-state index in [0.717, 1.165) is 17.0 Å². The van der Waals surface area contributed by atoms with Gasteiger partial charge >= 0.3 is 0 Å². The Kier molecular flexibility index (Phi) is 4.46. The van der Waals surface area contributed by atoms with Crippen LogP contribution < -0.4 is 14.8 Å². The van der Waals surface area contributed by atoms with E-state index in [4.69, 9.17) is 14.7 Å². The van der Waals surface area contributed by atoms with Crippen molar-refractivity contribution in [2.24, 2.45) is 0 Å². The highest BCUT2D eigenvalue weighted by atomic mass is 16.5. The fraction of sp³-hybridized carbons (Fsp3) is 0.188. The minimum atomic E-state index is 0.578. The molecule has 0 radical (unpaired) electrons. The summed E-state index contributed by atoms with van der Waals surface area (Å²) in [6.45, 7) is 0.652. The van der Waals surface area contributed by atoms with Gasteiger partial charge < -0.3 is 14.8 Å². The number of nitriles is 1. The standard InChI is InChI=1S/C16H16N2O2/c1-19-14-5-3-4-13(8-14)11-18-15-7-6-12(10-17)9-16(15)20-2/h3-9,18H,11H2,1-2H3. The molecular formula is C16H16N2O2. The van der Waals surface area contributed by atoms with Gasteiger partial charge in [-0.3, -0.25) is 0 Å². The van der Waals surface area contributed by atoms with Gasteiger partial charge in [0.2, 0.25) is 0 Å². The second kappa shape index (κ2) is 6.48. The van der Waals surface area contributed by atoms with Gasteiger partial charge in [0.15, 0.2) is 0 Å². The molecule has 0 bridgehead atoms. The van der Waals surface area contributed by atoms with Crippen LogP contribution in [0.1, 0.15) is 11.1 Å². The van der Waals surface area contributed by atoms with Crippen LogP contribution in [0, 0.1) is 11.3 Å². The maximum Gasteiger partial charge on any atom is 0.143 e. The van der Waals surface area contributed by atoms with Gasteiger partial charge in [0.1, 0.15) is 11.5 Å². The number of hydrogen-bond acceptors (Lipinski definition) is 4. The summed E-state index contributed by atoms with van der Waals surface area (Å²) in [5.41, 5.74) is 2.54. The molecule has 1 N–H and O–H groups in total. The zero-order valence-electron chi connectivity index (χ0n) is 11.5. The Morgan fingerprint density at radius 1 is 1.10 bits per heavy atom. The Hall–Kier alpha value is -2.67. The third kappa shape index (κ3) is 3.21. The van der Waals surface area contributed by atoms with Crippen LogP contribution in [0.25, 0.3) is 0 Å². The van der Waals surface area contributed by atoms with E-state index in [9.17, 15) is 0 Å². The molecule has 0 fully saturated rings. The Balaban J connectivity index is 2.12. The molecule has 102 valence electrons. The van der Waals surface area contributed by atoms with Crippen LogP contribution in [0.5, 0.6) is 11.5 Å². The normalized spacial score (nSPS) is 9.65. The molecule has 20 heavy (non-hydrogen) atoms. The summed E-state index contributed by atoms with van der Waals surface area (Å²) in [4.78, 5) is 0. The second-order valence-electron chi connectivity index (χ2n) is 4.23. The number of rotatable bonds is 5. The molecule has 0 aliphatic heterocycles. The van der Waals surface area contributed by atoms with Crippen LogP contribution in [0.4, 0.5) is 5.69 Å². The molecule has 2 rings (SSSR count). The van der Waals surface area contributed by atoms with Crippen LogP contribution in [0.3, 0.4) is 0 Å².